The maximum atomic E-state index is 12.7. The number of amides is 1. The minimum Gasteiger partial charge on any atom is -0.313 e. The number of rotatable bonds is 1. The first-order chi connectivity index (χ1) is 9.27. The molecule has 1 aromatic rings. The topological polar surface area (TPSA) is 44.7 Å². The number of hydrogen-bond donors (Lipinski definition) is 1. The molecule has 20 heavy (non-hydrogen) atoms. The van der Waals surface area contributed by atoms with Crippen molar-refractivity contribution in [3.63, 3.8) is 0 Å². The molecule has 1 aliphatic rings. The molecule has 1 aromatic carbocycles. The summed E-state index contributed by atoms with van der Waals surface area (Å²) in [6.07, 6.45) is -4.38. The highest BCUT2D eigenvalue weighted by molar-refractivity contribution is 6.00. The van der Waals surface area contributed by atoms with Crippen LogP contribution in [0.5, 0.6) is 0 Å². The van der Waals surface area contributed by atoms with Gasteiger partial charge in [-0.3, -0.25) is 9.80 Å². The number of benzene rings is 1. The molecule has 0 saturated carbocycles. The van der Waals surface area contributed by atoms with Crippen LogP contribution in [0, 0.1) is 5.92 Å². The predicted octanol–water partition coefficient (Wildman–Crippen LogP) is 2.61. The SMILES string of the molecule is CC(=O)NC1=NN(c2cccc(C(F)(F)F)c2)CC1C. The quantitative estimate of drug-likeness (QED) is 0.862. The average Bonchev–Trinajstić information content (AvgIpc) is 2.69. The zero-order chi connectivity index (χ0) is 14.9. The van der Waals surface area contributed by atoms with Gasteiger partial charge >= 0.3 is 6.18 Å². The van der Waals surface area contributed by atoms with Crippen molar-refractivity contribution in [1.82, 2.24) is 5.32 Å². The zero-order valence-electron chi connectivity index (χ0n) is 11.0. The Kier molecular flexibility index (Phi) is 3.69. The smallest absolute Gasteiger partial charge is 0.313 e. The number of carbonyl (C=O) groups is 1. The second kappa shape index (κ2) is 5.15. The Morgan fingerprint density at radius 2 is 2.15 bits per heavy atom. The lowest BCUT2D eigenvalue weighted by molar-refractivity contribution is -0.137. The van der Waals surface area contributed by atoms with Gasteiger partial charge in [-0.15, -0.1) is 0 Å². The second-order valence-corrected chi connectivity index (χ2v) is 4.70. The Bertz CT molecular complexity index is 554. The molecule has 0 aliphatic carbocycles. The van der Waals surface area contributed by atoms with E-state index >= 15 is 0 Å². The third kappa shape index (κ3) is 3.09. The molecule has 0 saturated heterocycles. The Morgan fingerprint density at radius 1 is 1.45 bits per heavy atom. The zero-order valence-corrected chi connectivity index (χ0v) is 11.0. The van der Waals surface area contributed by atoms with Crippen molar-refractivity contribution in [2.24, 2.45) is 11.0 Å². The molecule has 1 atom stereocenters. The Balaban J connectivity index is 2.25. The highest BCUT2D eigenvalue weighted by atomic mass is 19.4. The minimum atomic E-state index is -4.38. The summed E-state index contributed by atoms with van der Waals surface area (Å²) in [5, 5.41) is 8.20. The van der Waals surface area contributed by atoms with Crippen LogP contribution < -0.4 is 10.3 Å². The van der Waals surface area contributed by atoms with Crippen LogP contribution in [0.2, 0.25) is 0 Å². The molecule has 1 amide bonds. The number of nitrogens with one attached hydrogen (secondary N) is 1. The molecule has 108 valence electrons. The molecule has 0 radical (unpaired) electrons. The van der Waals surface area contributed by atoms with E-state index in [1.807, 2.05) is 6.92 Å². The van der Waals surface area contributed by atoms with E-state index < -0.39 is 11.7 Å². The van der Waals surface area contributed by atoms with Crippen LogP contribution in [-0.2, 0) is 11.0 Å². The molecule has 0 fully saturated rings. The number of alkyl halides is 3. The third-order valence-electron chi connectivity index (χ3n) is 2.92. The van der Waals surface area contributed by atoms with Crippen LogP contribution in [0.4, 0.5) is 18.9 Å². The van der Waals surface area contributed by atoms with Gasteiger partial charge in [-0.05, 0) is 18.2 Å². The predicted molar refractivity (Wildman–Crippen MR) is 69.2 cm³/mol. The number of amidine groups is 1. The van der Waals surface area contributed by atoms with Crippen molar-refractivity contribution < 1.29 is 18.0 Å². The first kappa shape index (κ1) is 14.4. The highest BCUT2D eigenvalue weighted by Gasteiger charge is 2.32. The van der Waals surface area contributed by atoms with E-state index in [-0.39, 0.29) is 11.8 Å². The second-order valence-electron chi connectivity index (χ2n) is 4.70. The fraction of sp³-hybridized carbons (Fsp3) is 0.385. The van der Waals surface area contributed by atoms with E-state index in [1.54, 1.807) is 6.07 Å². The molecule has 0 aromatic heterocycles. The van der Waals surface area contributed by atoms with Gasteiger partial charge in [0.05, 0.1) is 17.8 Å². The molecular weight excluding hydrogens is 271 g/mol. The Labute approximate surface area is 114 Å². The van der Waals surface area contributed by atoms with Gasteiger partial charge in [-0.2, -0.15) is 18.3 Å². The van der Waals surface area contributed by atoms with E-state index in [0.29, 0.717) is 18.1 Å². The van der Waals surface area contributed by atoms with Gasteiger partial charge < -0.3 is 5.32 Å². The molecular formula is C13H14F3N3O. The van der Waals surface area contributed by atoms with Crippen molar-refractivity contribution in [1.29, 1.82) is 0 Å². The maximum Gasteiger partial charge on any atom is 0.416 e. The van der Waals surface area contributed by atoms with Gasteiger partial charge in [0.25, 0.3) is 0 Å². The fourth-order valence-electron chi connectivity index (χ4n) is 1.95. The molecule has 1 aliphatic heterocycles. The fourth-order valence-corrected chi connectivity index (χ4v) is 1.95. The number of halogens is 3. The van der Waals surface area contributed by atoms with E-state index in [4.69, 9.17) is 0 Å². The van der Waals surface area contributed by atoms with Crippen LogP contribution in [-0.4, -0.2) is 18.3 Å². The lowest BCUT2D eigenvalue weighted by Gasteiger charge is -2.16. The summed E-state index contributed by atoms with van der Waals surface area (Å²) in [4.78, 5) is 11.0. The first-order valence-corrected chi connectivity index (χ1v) is 6.08. The van der Waals surface area contributed by atoms with Gasteiger partial charge in [0.15, 0.2) is 0 Å². The summed E-state index contributed by atoms with van der Waals surface area (Å²) in [6.45, 7) is 3.64. The number of carbonyl (C=O) groups excluding carboxylic acids is 1. The summed E-state index contributed by atoms with van der Waals surface area (Å²) >= 11 is 0. The molecule has 7 heteroatoms. The lowest BCUT2D eigenvalue weighted by atomic mass is 10.1. The number of hydrogen-bond acceptors (Lipinski definition) is 3. The van der Waals surface area contributed by atoms with Crippen LogP contribution >= 0.6 is 0 Å². The Morgan fingerprint density at radius 3 is 2.75 bits per heavy atom. The number of hydrazone groups is 1. The van der Waals surface area contributed by atoms with Crippen molar-refractivity contribution in [2.45, 2.75) is 20.0 Å². The van der Waals surface area contributed by atoms with Gasteiger partial charge in [0.2, 0.25) is 5.91 Å². The molecule has 4 nitrogen and oxygen atoms in total. The molecule has 1 N–H and O–H groups in total. The van der Waals surface area contributed by atoms with Crippen LogP contribution in [0.3, 0.4) is 0 Å². The molecule has 1 heterocycles. The molecule has 0 bridgehead atoms. The van der Waals surface area contributed by atoms with Crippen molar-refractivity contribution >= 4 is 17.4 Å². The summed E-state index contributed by atoms with van der Waals surface area (Å²) in [7, 11) is 0. The number of nitrogens with zero attached hydrogens (tertiary/aromatic N) is 2. The Hall–Kier alpha value is -2.05. The lowest BCUT2D eigenvalue weighted by Crippen LogP contribution is -2.31. The normalized spacial score (nSPS) is 18.9. The molecule has 1 unspecified atom stereocenters. The van der Waals surface area contributed by atoms with Crippen LogP contribution in [0.15, 0.2) is 29.4 Å². The van der Waals surface area contributed by atoms with Crippen LogP contribution in [0.25, 0.3) is 0 Å². The van der Waals surface area contributed by atoms with E-state index in [1.165, 1.54) is 18.0 Å². The molecule has 0 spiro atoms. The van der Waals surface area contributed by atoms with E-state index in [0.717, 1.165) is 12.1 Å². The van der Waals surface area contributed by atoms with E-state index in [2.05, 4.69) is 10.4 Å². The van der Waals surface area contributed by atoms with Crippen molar-refractivity contribution in [2.75, 3.05) is 11.6 Å². The van der Waals surface area contributed by atoms with Crippen molar-refractivity contribution in [3.05, 3.63) is 29.8 Å². The van der Waals surface area contributed by atoms with Crippen molar-refractivity contribution in [3.8, 4) is 0 Å². The summed E-state index contributed by atoms with van der Waals surface area (Å²) in [6, 6.07) is 4.96. The van der Waals surface area contributed by atoms with Crippen LogP contribution in [0.1, 0.15) is 19.4 Å². The average molecular weight is 285 g/mol. The number of anilines is 1. The van der Waals surface area contributed by atoms with Gasteiger partial charge in [-0.1, -0.05) is 13.0 Å². The highest BCUT2D eigenvalue weighted by Crippen LogP contribution is 2.32. The monoisotopic (exact) mass is 285 g/mol. The van der Waals surface area contributed by atoms with Gasteiger partial charge in [-0.25, -0.2) is 0 Å². The maximum absolute atomic E-state index is 12.7. The summed E-state index contributed by atoms with van der Waals surface area (Å²) < 4.78 is 38.0. The largest absolute Gasteiger partial charge is 0.416 e. The standard InChI is InChI=1S/C13H14F3N3O/c1-8-7-19(18-12(8)17-9(2)20)11-5-3-4-10(6-11)13(14,15)16/h3-6,8H,7H2,1-2H3,(H,17,18,20). The minimum absolute atomic E-state index is 0.0477. The van der Waals surface area contributed by atoms with E-state index in [9.17, 15) is 18.0 Å². The first-order valence-electron chi connectivity index (χ1n) is 6.08. The third-order valence-corrected chi connectivity index (χ3v) is 2.92. The molecule has 2 rings (SSSR count). The summed E-state index contributed by atoms with van der Waals surface area (Å²) in [5.41, 5.74) is -0.363. The van der Waals surface area contributed by atoms with Gasteiger partial charge in [0, 0.05) is 12.8 Å². The summed E-state index contributed by atoms with van der Waals surface area (Å²) in [5.74, 6) is 0.171. The van der Waals surface area contributed by atoms with Gasteiger partial charge in [0.1, 0.15) is 5.84 Å².